The van der Waals surface area contributed by atoms with Gasteiger partial charge in [-0.2, -0.15) is 0 Å². The molecule has 0 spiro atoms. The molecule has 3 rings (SSSR count). The van der Waals surface area contributed by atoms with Gasteiger partial charge in [0.1, 0.15) is 15.8 Å². The van der Waals surface area contributed by atoms with Gasteiger partial charge in [0.2, 0.25) is 5.88 Å². The molecule has 0 atom stereocenters. The number of quaternary nitrogens is 1. The lowest BCUT2D eigenvalue weighted by atomic mass is 10.1. The Hall–Kier alpha value is -3.35. The summed E-state index contributed by atoms with van der Waals surface area (Å²) in [5.74, 6) is -0.656. The molecule has 0 unspecified atom stereocenters. The van der Waals surface area contributed by atoms with Crippen LogP contribution in [0, 0.1) is 0 Å². The van der Waals surface area contributed by atoms with Crippen molar-refractivity contribution in [1.82, 2.24) is 16.3 Å². The Morgan fingerprint density at radius 1 is 1.13 bits per heavy atom. The van der Waals surface area contributed by atoms with Crippen LogP contribution in [0.15, 0.2) is 53.2 Å². The highest BCUT2D eigenvalue weighted by atomic mass is 32.2. The summed E-state index contributed by atoms with van der Waals surface area (Å²) in [5.41, 5.74) is 0.511. The number of carbonyl (C=O) groups is 1. The second-order valence-corrected chi connectivity index (χ2v) is 8.35. The number of anilines is 2. The Kier molecular flexibility index (Phi) is 7.10. The molecular formula is C19H22FN5O5S. The third kappa shape index (κ3) is 6.84. The Morgan fingerprint density at radius 3 is 2.29 bits per heavy atom. The van der Waals surface area contributed by atoms with Gasteiger partial charge in [-0.15, -0.1) is 0 Å². The minimum Gasteiger partial charge on any atom is -0.748 e. The smallest absolute Gasteiger partial charge is 0.326 e. The molecular weight excluding hydrogens is 429 g/mol. The fourth-order valence-electron chi connectivity index (χ4n) is 2.50. The molecule has 0 radical (unpaired) electrons. The number of pyridine rings is 1. The third-order valence-electron chi connectivity index (χ3n) is 3.98. The van der Waals surface area contributed by atoms with E-state index in [9.17, 15) is 22.2 Å². The van der Waals surface area contributed by atoms with Crippen molar-refractivity contribution >= 4 is 27.7 Å². The number of aromatic nitrogens is 2. The molecule has 166 valence electrons. The van der Waals surface area contributed by atoms with Gasteiger partial charge in [-0.05, 0) is 37.6 Å². The number of amides is 2. The van der Waals surface area contributed by atoms with Crippen LogP contribution in [0.5, 0.6) is 0 Å². The number of hydrogen-bond acceptors (Lipinski definition) is 7. The van der Waals surface area contributed by atoms with Crippen LogP contribution in [0.1, 0.15) is 25.2 Å². The van der Waals surface area contributed by atoms with Crippen molar-refractivity contribution in [2.24, 2.45) is 0 Å². The largest absolute Gasteiger partial charge is 0.748 e. The van der Waals surface area contributed by atoms with E-state index >= 15 is 0 Å². The van der Waals surface area contributed by atoms with E-state index in [1.165, 1.54) is 32.2 Å². The predicted octanol–water partition coefficient (Wildman–Crippen LogP) is 4.01. The number of carbonyl (C=O) groups excluding carboxylic acids is 1. The van der Waals surface area contributed by atoms with Gasteiger partial charge in [-0.25, -0.2) is 17.6 Å². The number of alkyl halides is 1. The van der Waals surface area contributed by atoms with Crippen LogP contribution >= 0.6 is 0 Å². The van der Waals surface area contributed by atoms with E-state index in [1.807, 2.05) is 0 Å². The maximum Gasteiger partial charge on any atom is 0.326 e. The molecule has 0 saturated carbocycles. The van der Waals surface area contributed by atoms with E-state index in [0.29, 0.717) is 11.3 Å². The summed E-state index contributed by atoms with van der Waals surface area (Å²) in [7, 11) is -4.39. The SMILES string of the molecule is CC(C)(F)c1cc(NC(=O)Nc2ccc(-c3ccc(CS(=O)(=O)[O-])nc3)cc2)on1.[NH4+]. The lowest BCUT2D eigenvalue weighted by Gasteiger charge is -2.08. The Bertz CT molecular complexity index is 1140. The van der Waals surface area contributed by atoms with E-state index < -0.39 is 27.6 Å². The van der Waals surface area contributed by atoms with Gasteiger partial charge in [-0.1, -0.05) is 23.4 Å². The number of benzene rings is 1. The number of halogens is 1. The average Bonchev–Trinajstić information content (AvgIpc) is 3.10. The zero-order valence-electron chi connectivity index (χ0n) is 17.0. The second kappa shape index (κ2) is 9.20. The summed E-state index contributed by atoms with van der Waals surface area (Å²) in [6.45, 7) is 2.65. The topological polar surface area (TPSA) is 174 Å². The molecule has 0 aliphatic carbocycles. The van der Waals surface area contributed by atoms with Gasteiger partial charge in [0.05, 0.1) is 11.4 Å². The summed E-state index contributed by atoms with van der Waals surface area (Å²) in [6.07, 6.45) is 1.46. The minimum atomic E-state index is -4.39. The lowest BCUT2D eigenvalue weighted by molar-refractivity contribution is 0.205. The molecule has 31 heavy (non-hydrogen) atoms. The first-order valence-electron chi connectivity index (χ1n) is 8.73. The summed E-state index contributed by atoms with van der Waals surface area (Å²) >= 11 is 0. The van der Waals surface area contributed by atoms with Gasteiger partial charge in [0.15, 0.2) is 5.67 Å². The number of nitrogens with one attached hydrogen (secondary N) is 2. The van der Waals surface area contributed by atoms with Crippen LogP contribution in [0.3, 0.4) is 0 Å². The average molecular weight is 451 g/mol. The van der Waals surface area contributed by atoms with E-state index in [0.717, 1.165) is 5.56 Å². The molecule has 6 N–H and O–H groups in total. The number of urea groups is 1. The van der Waals surface area contributed by atoms with Crippen molar-refractivity contribution < 1.29 is 26.7 Å². The van der Waals surface area contributed by atoms with Crippen molar-refractivity contribution in [2.75, 3.05) is 10.6 Å². The fourth-order valence-corrected chi connectivity index (χ4v) is 3.03. The van der Waals surface area contributed by atoms with Crippen LogP contribution in [0.25, 0.3) is 11.1 Å². The van der Waals surface area contributed by atoms with E-state index in [2.05, 4.69) is 20.8 Å². The summed E-state index contributed by atoms with van der Waals surface area (Å²) in [6, 6.07) is 10.6. The van der Waals surface area contributed by atoms with Gasteiger partial charge >= 0.3 is 6.03 Å². The van der Waals surface area contributed by atoms with E-state index in [-0.39, 0.29) is 23.4 Å². The van der Waals surface area contributed by atoms with Crippen molar-refractivity contribution in [3.8, 4) is 11.1 Å². The molecule has 12 heteroatoms. The molecule has 1 aromatic carbocycles. The van der Waals surface area contributed by atoms with Gasteiger partial charge < -0.3 is 20.5 Å². The Morgan fingerprint density at radius 2 is 1.77 bits per heavy atom. The van der Waals surface area contributed by atoms with Crippen LogP contribution in [0.4, 0.5) is 20.8 Å². The zero-order chi connectivity index (χ0) is 21.9. The number of hydrogen-bond donors (Lipinski definition) is 3. The zero-order valence-corrected chi connectivity index (χ0v) is 17.9. The second-order valence-electron chi connectivity index (χ2n) is 6.95. The summed E-state index contributed by atoms with van der Waals surface area (Å²) in [4.78, 5) is 16.0. The highest BCUT2D eigenvalue weighted by Crippen LogP contribution is 2.26. The molecule has 0 aliphatic rings. The Labute approximate surface area is 178 Å². The predicted molar refractivity (Wildman–Crippen MR) is 112 cm³/mol. The van der Waals surface area contributed by atoms with Crippen molar-refractivity contribution in [2.45, 2.75) is 25.3 Å². The monoisotopic (exact) mass is 451 g/mol. The number of rotatable bonds is 6. The van der Waals surface area contributed by atoms with E-state index in [4.69, 9.17) is 4.52 Å². The highest BCUT2D eigenvalue weighted by Gasteiger charge is 2.24. The molecule has 0 saturated heterocycles. The van der Waals surface area contributed by atoms with Crippen LogP contribution < -0.4 is 16.8 Å². The maximum absolute atomic E-state index is 13.8. The van der Waals surface area contributed by atoms with Crippen LogP contribution in [0.2, 0.25) is 0 Å². The first-order valence-corrected chi connectivity index (χ1v) is 10.3. The standard InChI is InChI=1S/C19H19FN4O5S.H3N/c1-19(2,20)16-9-17(29-24-16)23-18(25)22-14-6-3-12(4-7-14)13-5-8-15(21-10-13)11-30(26,27)28;/h3-10H,11H2,1-2H3,(H2,22,23,25)(H,26,27,28);1H3. The summed E-state index contributed by atoms with van der Waals surface area (Å²) < 4.78 is 51.0. The van der Waals surface area contributed by atoms with Crippen molar-refractivity contribution in [3.63, 3.8) is 0 Å². The molecule has 2 heterocycles. The molecule has 0 fully saturated rings. The van der Waals surface area contributed by atoms with Crippen molar-refractivity contribution in [1.29, 1.82) is 0 Å². The molecule has 2 aromatic heterocycles. The molecule has 10 nitrogen and oxygen atoms in total. The molecule has 3 aromatic rings. The Balaban J connectivity index is 0.00000341. The molecule has 0 aliphatic heterocycles. The molecule has 0 bridgehead atoms. The van der Waals surface area contributed by atoms with Crippen LogP contribution in [-0.4, -0.2) is 29.1 Å². The first-order chi connectivity index (χ1) is 14.0. The van der Waals surface area contributed by atoms with Gasteiger partial charge in [0.25, 0.3) is 0 Å². The van der Waals surface area contributed by atoms with Gasteiger partial charge in [-0.3, -0.25) is 10.3 Å². The highest BCUT2D eigenvalue weighted by molar-refractivity contribution is 7.84. The lowest BCUT2D eigenvalue weighted by Crippen LogP contribution is -2.19. The normalized spacial score (nSPS) is 11.5. The van der Waals surface area contributed by atoms with Gasteiger partial charge in [0, 0.05) is 23.5 Å². The fraction of sp³-hybridized carbons (Fsp3) is 0.211. The third-order valence-corrected chi connectivity index (χ3v) is 4.63. The van der Waals surface area contributed by atoms with Crippen LogP contribution in [-0.2, 0) is 21.5 Å². The minimum absolute atomic E-state index is 0. The van der Waals surface area contributed by atoms with Crippen molar-refractivity contribution in [3.05, 3.63) is 60.0 Å². The quantitative estimate of drug-likeness (QED) is 0.474. The molecule has 2 amide bonds. The first kappa shape index (κ1) is 23.9. The van der Waals surface area contributed by atoms with E-state index in [1.54, 1.807) is 30.3 Å². The summed E-state index contributed by atoms with van der Waals surface area (Å²) in [5, 5.41) is 8.60. The maximum atomic E-state index is 13.8. The number of nitrogens with zero attached hydrogens (tertiary/aromatic N) is 2.